The Kier molecular flexibility index (Phi) is 6.17. The minimum absolute atomic E-state index is 0.0190. The molecule has 3 saturated carbocycles. The normalized spacial score (nSPS) is 40.7. The minimum Gasteiger partial charge on any atom is -0.423 e. The van der Waals surface area contributed by atoms with Crippen LogP contribution in [-0.4, -0.2) is 76.1 Å². The second-order valence-corrected chi connectivity index (χ2v) is 13.8. The van der Waals surface area contributed by atoms with Crippen LogP contribution in [0.3, 0.4) is 0 Å². The maximum atomic E-state index is 14.1. The van der Waals surface area contributed by atoms with Crippen molar-refractivity contribution in [3.05, 3.63) is 48.1 Å². The molecule has 1 aromatic heterocycles. The number of piperazine rings is 1. The molecule has 4 fully saturated rings. The van der Waals surface area contributed by atoms with Crippen LogP contribution in [0.4, 0.5) is 6.01 Å². The number of hydrogen-bond acceptors (Lipinski definition) is 8. The number of carbonyl (C=O) groups excluding carboxylic acids is 2. The summed E-state index contributed by atoms with van der Waals surface area (Å²) in [5.41, 5.74) is 0.170. The van der Waals surface area contributed by atoms with E-state index in [9.17, 15) is 19.8 Å². The summed E-state index contributed by atoms with van der Waals surface area (Å²) in [6, 6.07) is 8.34. The summed E-state index contributed by atoms with van der Waals surface area (Å²) in [4.78, 5) is 35.1. The highest BCUT2D eigenvalue weighted by molar-refractivity contribution is 6.01. The minimum atomic E-state index is -1.49. The molecule has 0 amide bonds. The van der Waals surface area contributed by atoms with Crippen molar-refractivity contribution in [2.24, 2.45) is 34.5 Å². The largest absolute Gasteiger partial charge is 0.423 e. The van der Waals surface area contributed by atoms with E-state index in [0.717, 1.165) is 35.9 Å². The van der Waals surface area contributed by atoms with Crippen LogP contribution < -0.4 is 4.90 Å². The zero-order chi connectivity index (χ0) is 28.7. The third kappa shape index (κ3) is 3.86. The topological polar surface area (TPSA) is 107 Å². The summed E-state index contributed by atoms with van der Waals surface area (Å²) in [5, 5.41) is 24.1. The Balaban J connectivity index is 1.07. The van der Waals surface area contributed by atoms with Crippen LogP contribution in [-0.2, 0) is 9.59 Å². The van der Waals surface area contributed by atoms with E-state index < -0.39 is 17.1 Å². The first-order chi connectivity index (χ1) is 19.5. The van der Waals surface area contributed by atoms with Crippen LogP contribution in [0.25, 0.3) is 11.1 Å². The van der Waals surface area contributed by atoms with Gasteiger partial charge in [-0.25, -0.2) is 0 Å². The van der Waals surface area contributed by atoms with Gasteiger partial charge >= 0.3 is 0 Å². The number of carbonyl (C=O) groups is 2. The maximum Gasteiger partial charge on any atom is 0.298 e. The Hall–Kier alpha value is -2.81. The first-order valence-electron chi connectivity index (χ1n) is 15.3. The number of fused-ring (bicyclic) bond motifs is 6. The number of para-hydroxylation sites is 2. The zero-order valence-corrected chi connectivity index (χ0v) is 24.3. The van der Waals surface area contributed by atoms with Crippen LogP contribution in [0.1, 0.15) is 46.5 Å². The Morgan fingerprint density at radius 3 is 2.68 bits per heavy atom. The van der Waals surface area contributed by atoms with Crippen LogP contribution in [0.2, 0.25) is 0 Å². The third-order valence-corrected chi connectivity index (χ3v) is 11.8. The van der Waals surface area contributed by atoms with Crippen LogP contribution in [0.5, 0.6) is 0 Å². The second kappa shape index (κ2) is 9.35. The highest BCUT2D eigenvalue weighted by atomic mass is 16.4. The molecule has 41 heavy (non-hydrogen) atoms. The lowest BCUT2D eigenvalue weighted by atomic mass is 9.46. The number of benzene rings is 1. The standard InChI is InChI=1S/C33H41N3O5/c1-20-16-24-23-9-8-21-17-22(37)10-11-31(21,2)29(23)26(38)18-32(24,3)33(20,40)28(39)19-35-12-14-36(15-13-35)30-34-25-6-4-5-7-27(25)41-30/h4-7,10-11,17,20,23-24,26,29,38,40H,8-9,12-16,18-19H2,1-3H3/t20-,23?,24?,26+,29?,31?,32?,33+/m1/s1. The van der Waals surface area contributed by atoms with Gasteiger partial charge in [-0.1, -0.05) is 44.6 Å². The quantitative estimate of drug-likeness (QED) is 0.583. The van der Waals surface area contributed by atoms with E-state index in [0.29, 0.717) is 38.6 Å². The molecule has 1 aliphatic heterocycles. The molecule has 0 radical (unpaired) electrons. The molecule has 0 bridgehead atoms. The number of aliphatic hydroxyl groups is 2. The summed E-state index contributed by atoms with van der Waals surface area (Å²) in [7, 11) is 0. The average molecular weight is 560 g/mol. The van der Waals surface area contributed by atoms with Crippen LogP contribution in [0.15, 0.2) is 52.5 Å². The molecule has 5 unspecified atom stereocenters. The Bertz CT molecular complexity index is 1420. The van der Waals surface area contributed by atoms with Crippen LogP contribution >= 0.6 is 0 Å². The summed E-state index contributed by atoms with van der Waals surface area (Å²) >= 11 is 0. The second-order valence-electron chi connectivity index (χ2n) is 13.8. The van der Waals surface area contributed by atoms with Crippen molar-refractivity contribution in [1.82, 2.24) is 9.88 Å². The van der Waals surface area contributed by atoms with Crippen molar-refractivity contribution in [3.63, 3.8) is 0 Å². The van der Waals surface area contributed by atoms with Gasteiger partial charge in [0.05, 0.1) is 12.6 Å². The summed E-state index contributed by atoms with van der Waals surface area (Å²) in [6.07, 6.45) is 7.61. The predicted octanol–water partition coefficient (Wildman–Crippen LogP) is 3.77. The number of aromatic nitrogens is 1. The zero-order valence-electron chi connectivity index (χ0n) is 24.3. The Labute approximate surface area is 241 Å². The third-order valence-electron chi connectivity index (χ3n) is 11.8. The summed E-state index contributed by atoms with van der Waals surface area (Å²) in [6.45, 7) is 9.18. The van der Waals surface area contributed by atoms with Crippen molar-refractivity contribution in [2.45, 2.75) is 58.2 Å². The van der Waals surface area contributed by atoms with Crippen molar-refractivity contribution in [3.8, 4) is 0 Å². The summed E-state index contributed by atoms with van der Waals surface area (Å²) < 4.78 is 5.95. The molecular weight excluding hydrogens is 518 g/mol. The Morgan fingerprint density at radius 1 is 1.17 bits per heavy atom. The van der Waals surface area contributed by atoms with Gasteiger partial charge in [-0.2, -0.15) is 4.98 Å². The van der Waals surface area contributed by atoms with Crippen molar-refractivity contribution >= 4 is 28.7 Å². The first-order valence-corrected chi connectivity index (χ1v) is 15.3. The van der Waals surface area contributed by atoms with Gasteiger partial charge < -0.3 is 19.5 Å². The number of allylic oxidation sites excluding steroid dienone is 4. The predicted molar refractivity (Wildman–Crippen MR) is 155 cm³/mol. The fourth-order valence-corrected chi connectivity index (χ4v) is 9.67. The molecule has 8 atom stereocenters. The van der Waals surface area contributed by atoms with E-state index in [1.807, 2.05) is 37.3 Å². The number of nitrogens with zero attached hydrogens (tertiary/aromatic N) is 3. The lowest BCUT2D eigenvalue weighted by Crippen LogP contribution is -2.63. The SMILES string of the molecule is C[C@@H]1CC2C3CCC4=CC(=O)C=CC4(C)C3[C@@H](O)CC2(C)[C@@]1(O)C(=O)CN1CCN(c2nc3ccccc3o2)CC1. The molecule has 2 aromatic rings. The molecular formula is C33H41N3O5. The molecule has 1 saturated heterocycles. The van der Waals surface area contributed by atoms with E-state index in [-0.39, 0.29) is 47.2 Å². The maximum absolute atomic E-state index is 14.1. The number of Topliss-reactive ketones (excluding diaryl/α,β-unsaturated/α-hetero) is 1. The van der Waals surface area contributed by atoms with Gasteiger partial charge in [0.15, 0.2) is 17.1 Å². The number of ketones is 2. The molecule has 218 valence electrons. The van der Waals surface area contributed by atoms with E-state index in [1.54, 1.807) is 12.2 Å². The molecule has 4 aliphatic carbocycles. The van der Waals surface area contributed by atoms with Crippen molar-refractivity contribution < 1.29 is 24.2 Å². The monoisotopic (exact) mass is 559 g/mol. The van der Waals surface area contributed by atoms with E-state index in [1.165, 1.54) is 0 Å². The van der Waals surface area contributed by atoms with Gasteiger partial charge in [0.1, 0.15) is 11.1 Å². The lowest BCUT2D eigenvalue weighted by molar-refractivity contribution is -0.182. The molecule has 8 nitrogen and oxygen atoms in total. The van der Waals surface area contributed by atoms with Gasteiger partial charge in [-0.15, -0.1) is 0 Å². The van der Waals surface area contributed by atoms with Gasteiger partial charge in [0.2, 0.25) is 0 Å². The number of hydrogen-bond donors (Lipinski definition) is 2. The number of anilines is 1. The molecule has 8 heteroatoms. The molecule has 1 aromatic carbocycles. The summed E-state index contributed by atoms with van der Waals surface area (Å²) in [5.74, 6) is 0.0183. The molecule has 2 N–H and O–H groups in total. The smallest absolute Gasteiger partial charge is 0.298 e. The lowest BCUT2D eigenvalue weighted by Gasteiger charge is -2.59. The van der Waals surface area contributed by atoms with Gasteiger partial charge in [-0.05, 0) is 67.7 Å². The Morgan fingerprint density at radius 2 is 1.93 bits per heavy atom. The van der Waals surface area contributed by atoms with Gasteiger partial charge in [-0.3, -0.25) is 14.5 Å². The van der Waals surface area contributed by atoms with E-state index in [4.69, 9.17) is 4.42 Å². The van der Waals surface area contributed by atoms with Crippen molar-refractivity contribution in [2.75, 3.05) is 37.6 Å². The fourth-order valence-electron chi connectivity index (χ4n) is 9.67. The fraction of sp³-hybridized carbons (Fsp3) is 0.606. The van der Waals surface area contributed by atoms with Gasteiger partial charge in [0.25, 0.3) is 6.01 Å². The van der Waals surface area contributed by atoms with Crippen molar-refractivity contribution in [1.29, 1.82) is 0 Å². The number of rotatable bonds is 4. The average Bonchev–Trinajstić information content (AvgIpc) is 3.47. The molecule has 2 heterocycles. The first kappa shape index (κ1) is 27.0. The van der Waals surface area contributed by atoms with Crippen LogP contribution in [0, 0.1) is 34.5 Å². The highest BCUT2D eigenvalue weighted by Crippen LogP contribution is 2.68. The number of oxazole rings is 1. The number of aliphatic hydroxyl groups excluding tert-OH is 1. The van der Waals surface area contributed by atoms with E-state index in [2.05, 4.69) is 28.6 Å². The molecule has 7 rings (SSSR count). The van der Waals surface area contributed by atoms with Gasteiger partial charge in [0, 0.05) is 42.9 Å². The highest BCUT2D eigenvalue weighted by Gasteiger charge is 2.70. The van der Waals surface area contributed by atoms with E-state index >= 15 is 0 Å². The molecule has 0 spiro atoms. The molecule has 5 aliphatic rings.